The van der Waals surface area contributed by atoms with Crippen LogP contribution in [0.5, 0.6) is 0 Å². The van der Waals surface area contributed by atoms with Gasteiger partial charge in [-0.15, -0.1) is 0 Å². The number of nitro benzene ring substituents is 1. The Kier molecular flexibility index (Phi) is 6.69. The number of nitrogens with two attached hydrogens (primary N) is 1. The Balaban J connectivity index is 2.01. The van der Waals surface area contributed by atoms with E-state index in [4.69, 9.17) is 5.73 Å². The van der Waals surface area contributed by atoms with E-state index >= 15 is 0 Å². The summed E-state index contributed by atoms with van der Waals surface area (Å²) in [5.41, 5.74) is 7.17. The second-order valence-electron chi connectivity index (χ2n) is 6.34. The van der Waals surface area contributed by atoms with Crippen LogP contribution in [0, 0.1) is 17.0 Å². The number of carbonyl (C=O) groups excluding carboxylic acids is 1. The molecular formula is C17H26N4O3. The number of nitrogens with zero attached hydrogens (tertiary/aromatic N) is 2. The van der Waals surface area contributed by atoms with Crippen LogP contribution < -0.4 is 11.1 Å². The first kappa shape index (κ1) is 18.4. The molecule has 132 valence electrons. The molecule has 1 aromatic rings. The maximum atomic E-state index is 11.6. The SMILES string of the molecule is Cc1ccc(CN2CCCCC2CNC(=O)CCN)cc1[N+](=O)[O-]. The summed E-state index contributed by atoms with van der Waals surface area (Å²) in [7, 11) is 0. The van der Waals surface area contributed by atoms with Gasteiger partial charge in [-0.3, -0.25) is 19.8 Å². The molecule has 3 N–H and O–H groups in total. The van der Waals surface area contributed by atoms with Crippen molar-refractivity contribution in [1.29, 1.82) is 0 Å². The second kappa shape index (κ2) is 8.75. The van der Waals surface area contributed by atoms with Gasteiger partial charge in [0.05, 0.1) is 4.92 Å². The summed E-state index contributed by atoms with van der Waals surface area (Å²) in [4.78, 5) is 24.7. The van der Waals surface area contributed by atoms with Crippen molar-refractivity contribution in [3.05, 3.63) is 39.4 Å². The predicted molar refractivity (Wildman–Crippen MR) is 92.6 cm³/mol. The molecule has 0 aromatic heterocycles. The molecule has 1 unspecified atom stereocenters. The smallest absolute Gasteiger partial charge is 0.272 e. The van der Waals surface area contributed by atoms with Crippen LogP contribution in [0.15, 0.2) is 18.2 Å². The average Bonchev–Trinajstić information content (AvgIpc) is 2.56. The van der Waals surface area contributed by atoms with Crippen LogP contribution in [0.2, 0.25) is 0 Å². The molecule has 1 amide bonds. The average molecular weight is 334 g/mol. The highest BCUT2D eigenvalue weighted by Crippen LogP contribution is 2.23. The number of nitro groups is 1. The van der Waals surface area contributed by atoms with Gasteiger partial charge < -0.3 is 11.1 Å². The first-order valence-electron chi connectivity index (χ1n) is 8.46. The zero-order valence-corrected chi connectivity index (χ0v) is 14.2. The minimum absolute atomic E-state index is 0.0194. The molecule has 0 aliphatic carbocycles. The third-order valence-corrected chi connectivity index (χ3v) is 4.51. The molecule has 1 atom stereocenters. The van der Waals surface area contributed by atoms with Gasteiger partial charge in [0, 0.05) is 43.7 Å². The van der Waals surface area contributed by atoms with Gasteiger partial charge in [0.1, 0.15) is 0 Å². The first-order valence-corrected chi connectivity index (χ1v) is 8.46. The first-order chi connectivity index (χ1) is 11.5. The van der Waals surface area contributed by atoms with Gasteiger partial charge in [0.2, 0.25) is 5.91 Å². The molecule has 1 aliphatic heterocycles. The van der Waals surface area contributed by atoms with Gasteiger partial charge >= 0.3 is 0 Å². The molecule has 1 heterocycles. The summed E-state index contributed by atoms with van der Waals surface area (Å²) in [6, 6.07) is 5.67. The lowest BCUT2D eigenvalue weighted by atomic mass is 10.0. The lowest BCUT2D eigenvalue weighted by Crippen LogP contribution is -2.46. The van der Waals surface area contributed by atoms with E-state index in [1.54, 1.807) is 19.1 Å². The van der Waals surface area contributed by atoms with E-state index < -0.39 is 0 Å². The second-order valence-corrected chi connectivity index (χ2v) is 6.34. The van der Waals surface area contributed by atoms with Crippen LogP contribution in [-0.4, -0.2) is 41.4 Å². The monoisotopic (exact) mass is 334 g/mol. The molecule has 1 saturated heterocycles. The van der Waals surface area contributed by atoms with E-state index in [1.165, 1.54) is 0 Å². The number of likely N-dealkylation sites (tertiary alicyclic amines) is 1. The van der Waals surface area contributed by atoms with Crippen molar-refractivity contribution in [1.82, 2.24) is 10.2 Å². The molecule has 7 heteroatoms. The number of hydrogen-bond donors (Lipinski definition) is 2. The molecule has 0 saturated carbocycles. The topological polar surface area (TPSA) is 102 Å². The third-order valence-electron chi connectivity index (χ3n) is 4.51. The maximum Gasteiger partial charge on any atom is 0.272 e. The number of piperidine rings is 1. The number of nitrogens with one attached hydrogen (secondary N) is 1. The van der Waals surface area contributed by atoms with Crippen LogP contribution in [0.3, 0.4) is 0 Å². The zero-order valence-electron chi connectivity index (χ0n) is 14.2. The molecule has 0 spiro atoms. The van der Waals surface area contributed by atoms with E-state index in [-0.39, 0.29) is 22.6 Å². The molecule has 7 nitrogen and oxygen atoms in total. The fourth-order valence-electron chi connectivity index (χ4n) is 3.13. The largest absolute Gasteiger partial charge is 0.354 e. The van der Waals surface area contributed by atoms with Gasteiger partial charge in [-0.1, -0.05) is 18.6 Å². The number of carbonyl (C=O) groups is 1. The van der Waals surface area contributed by atoms with Crippen LogP contribution >= 0.6 is 0 Å². The molecule has 2 rings (SSSR count). The van der Waals surface area contributed by atoms with Gasteiger partial charge in [-0.2, -0.15) is 0 Å². The Labute approximate surface area is 142 Å². The maximum absolute atomic E-state index is 11.6. The fraction of sp³-hybridized carbons (Fsp3) is 0.588. The summed E-state index contributed by atoms with van der Waals surface area (Å²) in [5.74, 6) is -0.0194. The van der Waals surface area contributed by atoms with Crippen molar-refractivity contribution in [2.75, 3.05) is 19.6 Å². The van der Waals surface area contributed by atoms with Crippen LogP contribution in [-0.2, 0) is 11.3 Å². The normalized spacial score (nSPS) is 18.3. The summed E-state index contributed by atoms with van der Waals surface area (Å²) in [6.07, 6.45) is 3.62. The standard InChI is InChI=1S/C17H26N4O3/c1-13-5-6-14(10-16(13)21(23)24)12-20-9-3-2-4-15(20)11-19-17(22)7-8-18/h5-6,10,15H,2-4,7-9,11-12,18H2,1H3,(H,19,22). The molecule has 1 aliphatic rings. The van der Waals surface area contributed by atoms with E-state index in [0.29, 0.717) is 31.6 Å². The van der Waals surface area contributed by atoms with Crippen molar-refractivity contribution >= 4 is 11.6 Å². The van der Waals surface area contributed by atoms with Gasteiger partial charge in [0.15, 0.2) is 0 Å². The Hall–Kier alpha value is -1.99. The Bertz CT molecular complexity index is 591. The van der Waals surface area contributed by atoms with Gasteiger partial charge in [-0.25, -0.2) is 0 Å². The van der Waals surface area contributed by atoms with Gasteiger partial charge in [0.25, 0.3) is 5.69 Å². The highest BCUT2D eigenvalue weighted by atomic mass is 16.6. The van der Waals surface area contributed by atoms with E-state index in [9.17, 15) is 14.9 Å². The Morgan fingerprint density at radius 2 is 2.25 bits per heavy atom. The number of aryl methyl sites for hydroxylation is 1. The lowest BCUT2D eigenvalue weighted by Gasteiger charge is -2.35. The van der Waals surface area contributed by atoms with E-state index in [0.717, 1.165) is 31.4 Å². The number of amides is 1. The molecule has 1 aromatic carbocycles. The predicted octanol–water partition coefficient (Wildman–Crippen LogP) is 1.72. The van der Waals surface area contributed by atoms with Crippen molar-refractivity contribution in [3.63, 3.8) is 0 Å². The van der Waals surface area contributed by atoms with Crippen molar-refractivity contribution in [2.24, 2.45) is 5.73 Å². The summed E-state index contributed by atoms with van der Waals surface area (Å²) < 4.78 is 0. The Morgan fingerprint density at radius 3 is 2.96 bits per heavy atom. The van der Waals surface area contributed by atoms with Crippen LogP contribution in [0.25, 0.3) is 0 Å². The zero-order chi connectivity index (χ0) is 17.5. The number of benzene rings is 1. The molecule has 24 heavy (non-hydrogen) atoms. The highest BCUT2D eigenvalue weighted by molar-refractivity contribution is 5.76. The summed E-state index contributed by atoms with van der Waals surface area (Å²) in [6.45, 7) is 4.32. The fourth-order valence-corrected chi connectivity index (χ4v) is 3.13. The quantitative estimate of drug-likeness (QED) is 0.584. The Morgan fingerprint density at radius 1 is 1.46 bits per heavy atom. The third kappa shape index (κ3) is 5.01. The molecular weight excluding hydrogens is 308 g/mol. The van der Waals surface area contributed by atoms with Crippen molar-refractivity contribution in [3.8, 4) is 0 Å². The van der Waals surface area contributed by atoms with E-state index in [2.05, 4.69) is 10.2 Å². The van der Waals surface area contributed by atoms with Crippen LogP contribution in [0.1, 0.15) is 36.8 Å². The van der Waals surface area contributed by atoms with Crippen molar-refractivity contribution < 1.29 is 9.72 Å². The van der Waals surface area contributed by atoms with E-state index in [1.807, 2.05) is 6.07 Å². The number of hydrogen-bond acceptors (Lipinski definition) is 5. The summed E-state index contributed by atoms with van der Waals surface area (Å²) >= 11 is 0. The summed E-state index contributed by atoms with van der Waals surface area (Å²) in [5, 5.41) is 14.0. The molecule has 1 fully saturated rings. The highest BCUT2D eigenvalue weighted by Gasteiger charge is 2.23. The van der Waals surface area contributed by atoms with Crippen molar-refractivity contribution in [2.45, 2.75) is 45.2 Å². The minimum Gasteiger partial charge on any atom is -0.354 e. The van der Waals surface area contributed by atoms with Gasteiger partial charge in [-0.05, 0) is 31.9 Å². The van der Waals surface area contributed by atoms with Crippen LogP contribution in [0.4, 0.5) is 5.69 Å². The lowest BCUT2D eigenvalue weighted by molar-refractivity contribution is -0.385. The number of rotatable bonds is 7. The molecule has 0 bridgehead atoms. The minimum atomic E-state index is -0.334. The molecule has 0 radical (unpaired) electrons.